The van der Waals surface area contributed by atoms with Gasteiger partial charge >= 0.3 is 6.18 Å². The van der Waals surface area contributed by atoms with Crippen molar-refractivity contribution in [1.82, 2.24) is 5.32 Å². The van der Waals surface area contributed by atoms with Gasteiger partial charge in [-0.05, 0) is 55.8 Å². The Labute approximate surface area is 166 Å². The molecule has 0 aliphatic heterocycles. The van der Waals surface area contributed by atoms with Crippen LogP contribution < -0.4 is 10.0 Å². The second-order valence-electron chi connectivity index (χ2n) is 7.09. The van der Waals surface area contributed by atoms with E-state index in [1.54, 1.807) is 26.0 Å². The van der Waals surface area contributed by atoms with Crippen LogP contribution in [0, 0.1) is 0 Å². The number of sulfonamides is 1. The highest BCUT2D eigenvalue weighted by Gasteiger charge is 2.30. The summed E-state index contributed by atoms with van der Waals surface area (Å²) in [6.45, 7) is 3.12. The first-order valence-electron chi connectivity index (χ1n) is 8.53. The fourth-order valence-electron chi connectivity index (χ4n) is 2.37. The van der Waals surface area contributed by atoms with Crippen molar-refractivity contribution in [2.45, 2.75) is 36.9 Å². The summed E-state index contributed by atoms with van der Waals surface area (Å²) < 4.78 is 64.7. The number of aliphatic hydroxyl groups excluding tert-OH is 1. The average molecular weight is 430 g/mol. The van der Waals surface area contributed by atoms with Gasteiger partial charge < -0.3 is 10.4 Å². The zero-order valence-corrected chi connectivity index (χ0v) is 16.6. The molecule has 2 rings (SSSR count). The molecule has 3 N–H and O–H groups in total. The Hall–Kier alpha value is -2.59. The third-order valence-corrected chi connectivity index (χ3v) is 5.33. The van der Waals surface area contributed by atoms with E-state index < -0.39 is 27.3 Å². The molecule has 0 aliphatic rings. The number of anilines is 1. The molecule has 0 spiro atoms. The first kappa shape index (κ1) is 22.7. The SMILES string of the molecule is CC(C)(CO)NC(=O)Cc1ccc(NS(=O)(=O)c2ccc(C(F)(F)F)cc2)cc1. The number of hydrogen-bond donors (Lipinski definition) is 3. The van der Waals surface area contributed by atoms with Gasteiger partial charge in [-0.15, -0.1) is 0 Å². The van der Waals surface area contributed by atoms with Gasteiger partial charge in [0.1, 0.15) is 0 Å². The van der Waals surface area contributed by atoms with Gasteiger partial charge in [0.25, 0.3) is 10.0 Å². The first-order valence-corrected chi connectivity index (χ1v) is 10.0. The molecular weight excluding hydrogens is 409 g/mol. The van der Waals surface area contributed by atoms with Gasteiger partial charge in [0, 0.05) is 5.69 Å². The Morgan fingerprint density at radius 1 is 1.00 bits per heavy atom. The number of carbonyl (C=O) groups is 1. The largest absolute Gasteiger partial charge is 0.416 e. The highest BCUT2D eigenvalue weighted by atomic mass is 32.2. The molecule has 0 aliphatic carbocycles. The Morgan fingerprint density at radius 2 is 1.55 bits per heavy atom. The molecule has 0 bridgehead atoms. The Morgan fingerprint density at radius 3 is 2.03 bits per heavy atom. The van der Waals surface area contributed by atoms with E-state index in [1.165, 1.54) is 12.1 Å². The van der Waals surface area contributed by atoms with Gasteiger partial charge in [0.05, 0.1) is 29.0 Å². The van der Waals surface area contributed by atoms with Crippen LogP contribution in [0.3, 0.4) is 0 Å². The quantitative estimate of drug-likeness (QED) is 0.630. The third kappa shape index (κ3) is 6.47. The van der Waals surface area contributed by atoms with Gasteiger partial charge in [0.2, 0.25) is 5.91 Å². The summed E-state index contributed by atoms with van der Waals surface area (Å²) in [4.78, 5) is 11.7. The molecule has 29 heavy (non-hydrogen) atoms. The van der Waals surface area contributed by atoms with Crippen molar-refractivity contribution < 1.29 is 31.5 Å². The second kappa shape index (κ2) is 8.42. The van der Waals surface area contributed by atoms with Crippen LogP contribution in [0.4, 0.5) is 18.9 Å². The van der Waals surface area contributed by atoms with Gasteiger partial charge in [0.15, 0.2) is 0 Å². The third-order valence-electron chi connectivity index (χ3n) is 3.94. The molecule has 6 nitrogen and oxygen atoms in total. The molecule has 10 heteroatoms. The molecular formula is C19H21F3N2O4S. The van der Waals surface area contributed by atoms with Gasteiger partial charge in [-0.2, -0.15) is 13.2 Å². The number of rotatable bonds is 7. The van der Waals surface area contributed by atoms with Crippen molar-refractivity contribution in [3.8, 4) is 0 Å². The Bertz CT molecular complexity index is 954. The second-order valence-corrected chi connectivity index (χ2v) is 8.77. The van der Waals surface area contributed by atoms with Crippen molar-refractivity contribution in [3.05, 3.63) is 59.7 Å². The maximum Gasteiger partial charge on any atom is 0.416 e. The number of hydrogen-bond acceptors (Lipinski definition) is 4. The number of aliphatic hydroxyl groups is 1. The number of benzene rings is 2. The van der Waals surface area contributed by atoms with Crippen LogP contribution in [0.1, 0.15) is 25.0 Å². The number of amides is 1. The van der Waals surface area contributed by atoms with Crippen molar-refractivity contribution in [2.75, 3.05) is 11.3 Å². The van der Waals surface area contributed by atoms with Crippen molar-refractivity contribution in [1.29, 1.82) is 0 Å². The van der Waals surface area contributed by atoms with Crippen molar-refractivity contribution in [3.63, 3.8) is 0 Å². The minimum Gasteiger partial charge on any atom is -0.394 e. The number of nitrogens with one attached hydrogen (secondary N) is 2. The van der Waals surface area contributed by atoms with E-state index in [2.05, 4.69) is 10.0 Å². The molecule has 0 saturated carbocycles. The minimum absolute atomic E-state index is 0.0371. The zero-order chi connectivity index (χ0) is 21.9. The number of carbonyl (C=O) groups excluding carboxylic acids is 1. The number of alkyl halides is 3. The fourth-order valence-corrected chi connectivity index (χ4v) is 3.43. The predicted molar refractivity (Wildman–Crippen MR) is 102 cm³/mol. The lowest BCUT2D eigenvalue weighted by Crippen LogP contribution is -2.46. The van der Waals surface area contributed by atoms with Crippen molar-refractivity contribution in [2.24, 2.45) is 0 Å². The van der Waals surface area contributed by atoms with Crippen LogP contribution in [0.2, 0.25) is 0 Å². The van der Waals surface area contributed by atoms with E-state index in [0.29, 0.717) is 17.7 Å². The van der Waals surface area contributed by atoms with Crippen LogP contribution in [-0.2, 0) is 27.4 Å². The maximum absolute atomic E-state index is 12.6. The lowest BCUT2D eigenvalue weighted by atomic mass is 10.1. The highest BCUT2D eigenvalue weighted by Crippen LogP contribution is 2.30. The molecule has 2 aromatic carbocycles. The van der Waals surface area contributed by atoms with E-state index in [1.807, 2.05) is 0 Å². The maximum atomic E-state index is 12.6. The molecule has 0 atom stereocenters. The molecule has 2 aromatic rings. The topological polar surface area (TPSA) is 95.5 Å². The van der Waals surface area contributed by atoms with Crippen molar-refractivity contribution >= 4 is 21.6 Å². The zero-order valence-electron chi connectivity index (χ0n) is 15.7. The molecule has 158 valence electrons. The molecule has 0 radical (unpaired) electrons. The normalized spacial score (nSPS) is 12.5. The molecule has 0 saturated heterocycles. The summed E-state index contributed by atoms with van der Waals surface area (Å²) in [6.07, 6.45) is -4.51. The lowest BCUT2D eigenvalue weighted by molar-refractivity contribution is -0.137. The van der Waals surface area contributed by atoms with Crippen LogP contribution in [0.5, 0.6) is 0 Å². The molecule has 0 heterocycles. The molecule has 0 aromatic heterocycles. The minimum atomic E-state index is -4.55. The summed E-state index contributed by atoms with van der Waals surface area (Å²) in [5.41, 5.74) is -0.879. The van der Waals surface area contributed by atoms with E-state index in [-0.39, 0.29) is 29.5 Å². The first-order chi connectivity index (χ1) is 13.3. The summed E-state index contributed by atoms with van der Waals surface area (Å²) in [5, 5.41) is 11.8. The summed E-state index contributed by atoms with van der Waals surface area (Å²) in [7, 11) is -4.06. The van der Waals surface area contributed by atoms with Crippen LogP contribution in [0.15, 0.2) is 53.4 Å². The molecule has 1 amide bonds. The predicted octanol–water partition coefficient (Wildman–Crippen LogP) is 2.94. The van der Waals surface area contributed by atoms with Crippen LogP contribution in [0.25, 0.3) is 0 Å². The lowest BCUT2D eigenvalue weighted by Gasteiger charge is -2.23. The van der Waals surface area contributed by atoms with E-state index >= 15 is 0 Å². The number of halogens is 3. The standard InChI is InChI=1S/C19H21F3N2O4S/c1-18(2,12-25)23-17(26)11-13-3-7-15(8-4-13)24-29(27,28)16-9-5-14(6-10-16)19(20,21)22/h3-10,24-25H,11-12H2,1-2H3,(H,23,26). The Balaban J connectivity index is 2.06. The van der Waals surface area contributed by atoms with Gasteiger partial charge in [-0.25, -0.2) is 8.42 Å². The van der Waals surface area contributed by atoms with E-state index in [0.717, 1.165) is 12.1 Å². The summed E-state index contributed by atoms with van der Waals surface area (Å²) in [5.74, 6) is -0.304. The molecule has 0 unspecified atom stereocenters. The monoisotopic (exact) mass is 430 g/mol. The highest BCUT2D eigenvalue weighted by molar-refractivity contribution is 7.92. The van der Waals surface area contributed by atoms with E-state index in [9.17, 15) is 26.4 Å². The average Bonchev–Trinajstić information content (AvgIpc) is 2.62. The van der Waals surface area contributed by atoms with Gasteiger partial charge in [-0.3, -0.25) is 9.52 Å². The van der Waals surface area contributed by atoms with Gasteiger partial charge in [-0.1, -0.05) is 12.1 Å². The van der Waals surface area contributed by atoms with Crippen LogP contribution in [-0.4, -0.2) is 31.6 Å². The Kier molecular flexibility index (Phi) is 6.59. The smallest absolute Gasteiger partial charge is 0.394 e. The fraction of sp³-hybridized carbons (Fsp3) is 0.316. The van der Waals surface area contributed by atoms with E-state index in [4.69, 9.17) is 5.11 Å². The summed E-state index contributed by atoms with van der Waals surface area (Å²) in [6, 6.07) is 9.16. The van der Waals surface area contributed by atoms with Crippen LogP contribution >= 0.6 is 0 Å². The summed E-state index contributed by atoms with van der Waals surface area (Å²) >= 11 is 0. The molecule has 0 fully saturated rings.